The zero-order chi connectivity index (χ0) is 21.3. The molecule has 0 spiro atoms. The van der Waals surface area contributed by atoms with Crippen molar-refractivity contribution in [3.63, 3.8) is 0 Å². The van der Waals surface area contributed by atoms with Gasteiger partial charge >= 0.3 is 6.18 Å². The van der Waals surface area contributed by atoms with Gasteiger partial charge in [-0.3, -0.25) is 9.59 Å². The molecule has 2 aromatic carbocycles. The molecule has 1 amide bonds. The number of alkyl halides is 3. The molecule has 0 aliphatic heterocycles. The Morgan fingerprint density at radius 2 is 1.68 bits per heavy atom. The number of carbonyl (C=O) groups is 2. The molecule has 2 aromatic rings. The molecule has 0 fully saturated rings. The fourth-order valence-electron chi connectivity index (χ4n) is 2.35. The number of halogens is 4. The van der Waals surface area contributed by atoms with E-state index < -0.39 is 17.6 Å². The quantitative estimate of drug-likeness (QED) is 0.271. The van der Waals surface area contributed by atoms with E-state index in [1.54, 1.807) is 12.1 Å². The monoisotopic (exact) mass is 523 g/mol. The van der Waals surface area contributed by atoms with E-state index in [2.05, 4.69) is 27.4 Å². The van der Waals surface area contributed by atoms with Gasteiger partial charge in [0.1, 0.15) is 0 Å². The number of benzene rings is 2. The third-order valence-corrected chi connectivity index (χ3v) is 5.33. The lowest BCUT2D eigenvalue weighted by Gasteiger charge is -2.11. The second-order valence-electron chi connectivity index (χ2n) is 5.67. The molecule has 1 N–H and O–H groups in total. The van der Waals surface area contributed by atoms with Crippen LogP contribution in [0.15, 0.2) is 42.5 Å². The third kappa shape index (κ3) is 7.51. The van der Waals surface area contributed by atoms with Gasteiger partial charge in [0.15, 0.2) is 5.78 Å². The molecule has 0 bridgehead atoms. The van der Waals surface area contributed by atoms with E-state index in [-0.39, 0.29) is 12.3 Å². The highest BCUT2D eigenvalue weighted by atomic mass is 127. The van der Waals surface area contributed by atoms with Crippen molar-refractivity contribution in [2.45, 2.75) is 39.7 Å². The van der Waals surface area contributed by atoms with Gasteiger partial charge in [0.05, 0.1) is 5.56 Å². The molecule has 0 aliphatic rings. The summed E-state index contributed by atoms with van der Waals surface area (Å²) in [6.07, 6.45) is -3.07. The number of hydrogen-bond acceptors (Lipinski definition) is 2. The molecule has 0 saturated carbocycles. The van der Waals surface area contributed by atoms with Crippen LogP contribution < -0.4 is 5.32 Å². The zero-order valence-corrected chi connectivity index (χ0v) is 18.9. The summed E-state index contributed by atoms with van der Waals surface area (Å²) in [5, 5.41) is 2.61. The molecule has 8 heteroatoms. The van der Waals surface area contributed by atoms with Crippen LogP contribution in [0.2, 0.25) is 0 Å². The van der Waals surface area contributed by atoms with Gasteiger partial charge in [0.25, 0.3) is 5.91 Å². The topological polar surface area (TPSA) is 46.2 Å². The van der Waals surface area contributed by atoms with Crippen LogP contribution in [0.25, 0.3) is 0 Å². The number of carbonyl (C=O) groups excluding carboxylic acids is 2. The van der Waals surface area contributed by atoms with Crippen LogP contribution in [-0.4, -0.2) is 11.7 Å². The molecule has 0 radical (unpaired) electrons. The lowest BCUT2D eigenvalue weighted by atomic mass is 10.0. The van der Waals surface area contributed by atoms with Gasteiger partial charge in [-0.2, -0.15) is 13.2 Å². The molecule has 2 rings (SSSR count). The molecular formula is C20H22F3INO2P. The fraction of sp³-hybridized carbons (Fsp3) is 0.300. The minimum atomic E-state index is -4.43. The van der Waals surface area contributed by atoms with E-state index in [1.807, 2.05) is 13.8 Å². The van der Waals surface area contributed by atoms with Crippen molar-refractivity contribution < 1.29 is 22.8 Å². The lowest BCUT2D eigenvalue weighted by Crippen LogP contribution is -2.23. The molecule has 0 aliphatic carbocycles. The third-order valence-electron chi connectivity index (χ3n) is 3.64. The first kappa shape index (κ1) is 24.6. The van der Waals surface area contributed by atoms with Crippen LogP contribution in [0.1, 0.15) is 58.2 Å². The van der Waals surface area contributed by atoms with Crippen LogP contribution in [0.5, 0.6) is 0 Å². The largest absolute Gasteiger partial charge is 0.416 e. The highest BCUT2D eigenvalue weighted by molar-refractivity contribution is 14.2. The number of nitrogens with one attached hydrogen (secondary N) is 1. The molecule has 1 unspecified atom stereocenters. The van der Waals surface area contributed by atoms with E-state index in [9.17, 15) is 22.8 Å². The van der Waals surface area contributed by atoms with Crippen LogP contribution in [-0.2, 0) is 18.9 Å². The minimum absolute atomic E-state index is 0.0313. The standard InChI is InChI=1S/C18H16F3INO2P.C2H6/c1-11(24)14-5-13(10-26-22)6-15(8-14)17(25)23-9-12-3-2-4-16(7-12)18(19,20)21;1-2/h2-8,26H,9-10H2,1H3,(H,23,25);1-2H3. The van der Waals surface area contributed by atoms with Gasteiger partial charge in [-0.1, -0.05) is 54.2 Å². The van der Waals surface area contributed by atoms with Gasteiger partial charge in [0, 0.05) is 17.7 Å². The Kier molecular flexibility index (Phi) is 10.1. The molecule has 1 atom stereocenters. The predicted octanol–water partition coefficient (Wildman–Crippen LogP) is 6.39. The first-order chi connectivity index (χ1) is 13.2. The molecule has 0 saturated heterocycles. The molecule has 0 aromatic heterocycles. The summed E-state index contributed by atoms with van der Waals surface area (Å²) in [7, 11) is 0. The van der Waals surface area contributed by atoms with Crippen molar-refractivity contribution in [3.8, 4) is 0 Å². The van der Waals surface area contributed by atoms with Gasteiger partial charge in [-0.15, -0.1) is 0 Å². The Bertz CT molecular complexity index is 825. The van der Waals surface area contributed by atoms with Crippen molar-refractivity contribution in [1.29, 1.82) is 0 Å². The van der Waals surface area contributed by atoms with Gasteiger partial charge < -0.3 is 5.32 Å². The number of Topliss-reactive ketones (excluding diaryl/α,β-unsaturated/α-hetero) is 1. The Morgan fingerprint density at radius 1 is 1.04 bits per heavy atom. The predicted molar refractivity (Wildman–Crippen MR) is 116 cm³/mol. The van der Waals surface area contributed by atoms with E-state index in [4.69, 9.17) is 0 Å². The average molecular weight is 523 g/mol. The highest BCUT2D eigenvalue weighted by Gasteiger charge is 2.30. The Balaban J connectivity index is 0.00000190. The molecule has 28 heavy (non-hydrogen) atoms. The van der Waals surface area contributed by atoms with Crippen LogP contribution in [0.3, 0.4) is 0 Å². The summed E-state index contributed by atoms with van der Waals surface area (Å²) in [4.78, 5) is 24.0. The first-order valence-electron chi connectivity index (χ1n) is 8.63. The summed E-state index contributed by atoms with van der Waals surface area (Å²) >= 11 is 2.23. The highest BCUT2D eigenvalue weighted by Crippen LogP contribution is 2.30. The SMILES string of the molecule is CC.CC(=O)c1cc(CPI)cc(C(=O)NCc2cccc(C(F)(F)F)c2)c1. The molecular weight excluding hydrogens is 501 g/mol. The van der Waals surface area contributed by atoms with E-state index in [1.165, 1.54) is 25.1 Å². The lowest BCUT2D eigenvalue weighted by molar-refractivity contribution is -0.137. The molecule has 0 heterocycles. The van der Waals surface area contributed by atoms with Crippen LogP contribution >= 0.6 is 28.3 Å². The summed E-state index contributed by atoms with van der Waals surface area (Å²) in [6.45, 7) is 5.40. The number of rotatable bonds is 6. The first-order valence-corrected chi connectivity index (χ1v) is 13.0. The van der Waals surface area contributed by atoms with Gasteiger partial charge in [0.2, 0.25) is 0 Å². The van der Waals surface area contributed by atoms with Crippen LogP contribution in [0, 0.1) is 0 Å². The Morgan fingerprint density at radius 3 is 2.25 bits per heavy atom. The molecule has 3 nitrogen and oxygen atoms in total. The van der Waals surface area contributed by atoms with E-state index >= 15 is 0 Å². The summed E-state index contributed by atoms with van der Waals surface area (Å²) in [6, 6.07) is 9.79. The van der Waals surface area contributed by atoms with Crippen molar-refractivity contribution in [3.05, 3.63) is 70.3 Å². The van der Waals surface area contributed by atoms with Crippen molar-refractivity contribution in [2.24, 2.45) is 0 Å². The second kappa shape index (κ2) is 11.5. The van der Waals surface area contributed by atoms with Crippen LogP contribution in [0.4, 0.5) is 13.2 Å². The minimum Gasteiger partial charge on any atom is -0.348 e. The number of ketones is 1. The van der Waals surface area contributed by atoms with Crippen molar-refractivity contribution >= 4 is 40.0 Å². The maximum atomic E-state index is 12.7. The Hall–Kier alpha value is -1.47. The summed E-state index contributed by atoms with van der Waals surface area (Å²) < 4.78 is 38.2. The smallest absolute Gasteiger partial charge is 0.348 e. The summed E-state index contributed by atoms with van der Waals surface area (Å²) in [5.74, 6) is -0.570. The van der Waals surface area contributed by atoms with Crippen molar-refractivity contribution in [2.75, 3.05) is 0 Å². The second-order valence-corrected chi connectivity index (χ2v) is 8.58. The van der Waals surface area contributed by atoms with Gasteiger partial charge in [-0.05, 0) is 54.5 Å². The van der Waals surface area contributed by atoms with Crippen molar-refractivity contribution in [1.82, 2.24) is 5.32 Å². The average Bonchev–Trinajstić information content (AvgIpc) is 2.67. The number of hydrogen-bond donors (Lipinski definition) is 1. The maximum Gasteiger partial charge on any atom is 0.416 e. The van der Waals surface area contributed by atoms with Gasteiger partial charge in [-0.25, -0.2) is 0 Å². The summed E-state index contributed by atoms with van der Waals surface area (Å²) in [5.41, 5.74) is 1.25. The zero-order valence-electron chi connectivity index (χ0n) is 15.8. The molecule has 152 valence electrons. The normalized spacial score (nSPS) is 11.1. The van der Waals surface area contributed by atoms with E-state index in [0.29, 0.717) is 22.9 Å². The van der Waals surface area contributed by atoms with E-state index in [0.717, 1.165) is 23.9 Å². The number of amides is 1. The Labute approximate surface area is 177 Å². The maximum absolute atomic E-state index is 12.7. The fourth-order valence-corrected chi connectivity index (χ4v) is 4.03.